The number of pyridine rings is 1. The van der Waals surface area contributed by atoms with Gasteiger partial charge in [-0.3, -0.25) is 4.98 Å². The van der Waals surface area contributed by atoms with Gasteiger partial charge in [0.1, 0.15) is 11.8 Å². The van der Waals surface area contributed by atoms with E-state index in [9.17, 15) is 10.5 Å². The van der Waals surface area contributed by atoms with Crippen molar-refractivity contribution in [3.63, 3.8) is 0 Å². The van der Waals surface area contributed by atoms with Crippen molar-refractivity contribution >= 4 is 33.9 Å². The van der Waals surface area contributed by atoms with E-state index in [1.165, 1.54) is 0 Å². The molecule has 0 unspecified atom stereocenters. The molecule has 0 saturated heterocycles. The van der Waals surface area contributed by atoms with Crippen molar-refractivity contribution in [1.29, 1.82) is 10.5 Å². The van der Waals surface area contributed by atoms with E-state index in [1.54, 1.807) is 18.3 Å². The van der Waals surface area contributed by atoms with Crippen molar-refractivity contribution in [2.75, 3.05) is 17.2 Å². The van der Waals surface area contributed by atoms with Gasteiger partial charge in [0.2, 0.25) is 0 Å². The van der Waals surface area contributed by atoms with E-state index in [4.69, 9.17) is 11.6 Å². The van der Waals surface area contributed by atoms with Crippen LogP contribution >= 0.6 is 11.6 Å². The van der Waals surface area contributed by atoms with Crippen LogP contribution in [0.25, 0.3) is 10.9 Å². The van der Waals surface area contributed by atoms with Gasteiger partial charge in [0.15, 0.2) is 0 Å². The van der Waals surface area contributed by atoms with Crippen LogP contribution in [0.5, 0.6) is 0 Å². The molecule has 1 aliphatic rings. The summed E-state index contributed by atoms with van der Waals surface area (Å²) < 4.78 is 1.91. The molecule has 2 aromatic heterocycles. The average molecular weight is 511 g/mol. The fraction of sp³-hybridized carbons (Fsp3) is 0.321. The first kappa shape index (κ1) is 24.5. The van der Waals surface area contributed by atoms with Gasteiger partial charge in [-0.05, 0) is 48.1 Å². The Kier molecular flexibility index (Phi) is 6.45. The maximum Gasteiger partial charge on any atom is 0.109 e. The van der Waals surface area contributed by atoms with Gasteiger partial charge in [0.25, 0.3) is 0 Å². The third-order valence-corrected chi connectivity index (χ3v) is 6.52. The maximum atomic E-state index is 9.84. The Bertz CT molecular complexity index is 1530. The van der Waals surface area contributed by atoms with Crippen molar-refractivity contribution in [1.82, 2.24) is 20.0 Å². The third kappa shape index (κ3) is 5.35. The Morgan fingerprint density at radius 2 is 1.89 bits per heavy atom. The second-order valence-corrected chi connectivity index (χ2v) is 11.0. The van der Waals surface area contributed by atoms with Crippen LogP contribution in [0, 0.1) is 28.1 Å². The minimum Gasteiger partial charge on any atom is -0.383 e. The van der Waals surface area contributed by atoms with Gasteiger partial charge in [0, 0.05) is 23.2 Å². The van der Waals surface area contributed by atoms with Crippen LogP contribution < -0.4 is 10.6 Å². The summed E-state index contributed by atoms with van der Waals surface area (Å²) >= 11 is 6.17. The predicted octanol–water partition coefficient (Wildman–Crippen LogP) is 6.22. The zero-order valence-corrected chi connectivity index (χ0v) is 21.7. The Balaban J connectivity index is 1.63. The Morgan fingerprint density at radius 1 is 1.14 bits per heavy atom. The SMILES string of the molecule is CC(C)(C)CNc1c(C#N)cnc2c(N[C@@H](c3ccc(Cl)cc3)c3cn(C4CC4)nn3)cc(C#N)cc12. The fourth-order valence-corrected chi connectivity index (χ4v) is 4.31. The minimum atomic E-state index is -0.356. The quantitative estimate of drug-likeness (QED) is 0.303. The smallest absolute Gasteiger partial charge is 0.109 e. The van der Waals surface area contributed by atoms with Crippen LogP contribution in [0.1, 0.15) is 68.1 Å². The molecule has 4 aromatic rings. The lowest BCUT2D eigenvalue weighted by Gasteiger charge is -2.23. The normalized spacial score (nSPS) is 14.1. The number of nitrogens with one attached hydrogen (secondary N) is 2. The van der Waals surface area contributed by atoms with Gasteiger partial charge in [-0.2, -0.15) is 10.5 Å². The third-order valence-electron chi connectivity index (χ3n) is 6.26. The Morgan fingerprint density at radius 3 is 2.54 bits per heavy atom. The molecule has 37 heavy (non-hydrogen) atoms. The van der Waals surface area contributed by atoms with E-state index >= 15 is 0 Å². The van der Waals surface area contributed by atoms with Crippen LogP contribution in [-0.2, 0) is 0 Å². The first-order chi connectivity index (χ1) is 17.8. The summed E-state index contributed by atoms with van der Waals surface area (Å²) in [6.07, 6.45) is 5.75. The van der Waals surface area contributed by atoms with E-state index in [0.717, 1.165) is 24.1 Å². The molecule has 1 aliphatic carbocycles. The van der Waals surface area contributed by atoms with Crippen LogP contribution in [-0.4, -0.2) is 26.5 Å². The number of fused-ring (bicyclic) bond motifs is 1. The standard InChI is InChI=1S/C28H27ClN8/c1-28(2,3)16-33-25-19(13-31)14-32-27-22(25)10-17(12-30)11-23(27)34-26(18-4-6-20(29)7-5-18)24-15-37(36-35-24)21-8-9-21/h4-7,10-11,14-15,21,26,34H,8-9,16H2,1-3H3,(H,32,33)/t26-/m0/s1. The predicted molar refractivity (Wildman–Crippen MR) is 144 cm³/mol. The summed E-state index contributed by atoms with van der Waals surface area (Å²) in [6, 6.07) is 15.7. The first-order valence-corrected chi connectivity index (χ1v) is 12.6. The van der Waals surface area contributed by atoms with E-state index < -0.39 is 0 Å². The molecule has 5 rings (SSSR count). The molecule has 1 fully saturated rings. The van der Waals surface area contributed by atoms with E-state index in [0.29, 0.717) is 51.0 Å². The molecule has 2 aromatic carbocycles. The van der Waals surface area contributed by atoms with Crippen molar-refractivity contribution in [2.24, 2.45) is 5.41 Å². The van der Waals surface area contributed by atoms with Gasteiger partial charge >= 0.3 is 0 Å². The van der Waals surface area contributed by atoms with Crippen LogP contribution in [0.4, 0.5) is 11.4 Å². The number of hydrogen-bond acceptors (Lipinski definition) is 7. The molecule has 9 heteroatoms. The summed E-state index contributed by atoms with van der Waals surface area (Å²) in [5.74, 6) is 0. The summed E-state index contributed by atoms with van der Waals surface area (Å²) in [6.45, 7) is 7.01. The molecule has 8 nitrogen and oxygen atoms in total. The Labute approximate surface area is 220 Å². The van der Waals surface area contributed by atoms with Gasteiger partial charge in [-0.25, -0.2) is 4.68 Å². The molecule has 0 amide bonds. The van der Waals surface area contributed by atoms with Crippen LogP contribution in [0.2, 0.25) is 5.02 Å². The van der Waals surface area contributed by atoms with Crippen molar-refractivity contribution in [3.05, 3.63) is 76.2 Å². The number of nitrogens with zero attached hydrogens (tertiary/aromatic N) is 6. The largest absolute Gasteiger partial charge is 0.383 e. The lowest BCUT2D eigenvalue weighted by molar-refractivity contribution is 0.443. The highest BCUT2D eigenvalue weighted by Gasteiger charge is 2.27. The molecule has 1 saturated carbocycles. The highest BCUT2D eigenvalue weighted by Crippen LogP contribution is 2.37. The van der Waals surface area contributed by atoms with Gasteiger partial charge in [-0.1, -0.05) is 49.7 Å². The average Bonchev–Trinajstić information content (AvgIpc) is 3.62. The number of nitriles is 2. The molecule has 2 N–H and O–H groups in total. The molecular weight excluding hydrogens is 484 g/mol. The summed E-state index contributed by atoms with van der Waals surface area (Å²) in [5.41, 5.74) is 4.57. The highest BCUT2D eigenvalue weighted by molar-refractivity contribution is 6.30. The summed E-state index contributed by atoms with van der Waals surface area (Å²) in [7, 11) is 0. The van der Waals surface area contributed by atoms with Crippen LogP contribution in [0.3, 0.4) is 0 Å². The minimum absolute atomic E-state index is 0.0106. The fourth-order valence-electron chi connectivity index (χ4n) is 4.19. The summed E-state index contributed by atoms with van der Waals surface area (Å²) in [5, 5.41) is 36.8. The number of benzene rings is 2. The van der Waals surface area contributed by atoms with E-state index in [-0.39, 0.29) is 11.5 Å². The van der Waals surface area contributed by atoms with Gasteiger partial charge in [0.05, 0.1) is 52.4 Å². The monoisotopic (exact) mass is 510 g/mol. The second-order valence-electron chi connectivity index (χ2n) is 10.6. The van der Waals surface area contributed by atoms with Crippen molar-refractivity contribution in [2.45, 2.75) is 45.7 Å². The molecule has 0 radical (unpaired) electrons. The van der Waals surface area contributed by atoms with E-state index in [2.05, 4.69) is 58.8 Å². The number of hydrogen-bond donors (Lipinski definition) is 2. The zero-order valence-electron chi connectivity index (χ0n) is 21.0. The first-order valence-electron chi connectivity index (χ1n) is 12.2. The molecule has 0 bridgehead atoms. The molecule has 0 aliphatic heterocycles. The number of aromatic nitrogens is 4. The number of halogens is 1. The van der Waals surface area contributed by atoms with Crippen molar-refractivity contribution in [3.8, 4) is 12.1 Å². The maximum absolute atomic E-state index is 9.84. The van der Waals surface area contributed by atoms with Gasteiger partial charge in [-0.15, -0.1) is 5.10 Å². The Hall–Kier alpha value is -4.14. The highest BCUT2D eigenvalue weighted by atomic mass is 35.5. The molecule has 0 spiro atoms. The zero-order chi connectivity index (χ0) is 26.2. The number of anilines is 2. The van der Waals surface area contributed by atoms with Crippen molar-refractivity contribution < 1.29 is 0 Å². The topological polar surface area (TPSA) is 115 Å². The molecular formula is C28H27ClN8. The lowest BCUT2D eigenvalue weighted by Crippen LogP contribution is -2.20. The van der Waals surface area contributed by atoms with Gasteiger partial charge < -0.3 is 10.6 Å². The second kappa shape index (κ2) is 9.72. The van der Waals surface area contributed by atoms with E-state index in [1.807, 2.05) is 35.1 Å². The molecule has 2 heterocycles. The van der Waals surface area contributed by atoms with Crippen LogP contribution in [0.15, 0.2) is 48.8 Å². The number of rotatable bonds is 7. The summed E-state index contributed by atoms with van der Waals surface area (Å²) in [4.78, 5) is 4.63. The lowest BCUT2D eigenvalue weighted by atomic mass is 9.96. The molecule has 186 valence electrons. The molecule has 1 atom stereocenters.